The zero-order valence-corrected chi connectivity index (χ0v) is 12.0. The minimum absolute atomic E-state index is 0.0418. The maximum absolute atomic E-state index is 11.9. The Morgan fingerprint density at radius 3 is 2.86 bits per heavy atom. The fourth-order valence-corrected chi connectivity index (χ4v) is 2.28. The Labute approximate surface area is 123 Å². The highest BCUT2D eigenvalue weighted by atomic mass is 16.5. The molecular formula is C14H20N4O3. The Kier molecular flexibility index (Phi) is 5.51. The number of urea groups is 1. The molecule has 3 N–H and O–H groups in total. The predicted octanol–water partition coefficient (Wildman–Crippen LogP) is 0.347. The SMILES string of the molecule is CNC(=O)NCCC(=O)N[C@H]1CCO[C@@H]1c1ccncc1. The normalized spacial score (nSPS) is 20.8. The molecule has 0 unspecified atom stereocenters. The number of hydrogen-bond donors (Lipinski definition) is 3. The largest absolute Gasteiger partial charge is 0.371 e. The zero-order valence-electron chi connectivity index (χ0n) is 12.0. The lowest BCUT2D eigenvalue weighted by Crippen LogP contribution is -2.40. The highest BCUT2D eigenvalue weighted by Crippen LogP contribution is 2.28. The summed E-state index contributed by atoms with van der Waals surface area (Å²) < 4.78 is 5.69. The van der Waals surface area contributed by atoms with E-state index in [1.807, 2.05) is 12.1 Å². The predicted molar refractivity (Wildman–Crippen MR) is 76.6 cm³/mol. The molecule has 0 radical (unpaired) electrons. The number of aromatic nitrogens is 1. The molecule has 3 amide bonds. The number of carbonyl (C=O) groups is 2. The summed E-state index contributed by atoms with van der Waals surface area (Å²) in [7, 11) is 1.53. The molecule has 2 rings (SSSR count). The summed E-state index contributed by atoms with van der Waals surface area (Å²) in [5.41, 5.74) is 1.01. The molecule has 0 spiro atoms. The number of carbonyl (C=O) groups excluding carboxylic acids is 2. The lowest BCUT2D eigenvalue weighted by atomic mass is 10.0. The second-order valence-corrected chi connectivity index (χ2v) is 4.79. The van der Waals surface area contributed by atoms with Crippen LogP contribution in [0.1, 0.15) is 24.5 Å². The van der Waals surface area contributed by atoms with Crippen LogP contribution in [0.2, 0.25) is 0 Å². The molecule has 1 saturated heterocycles. The monoisotopic (exact) mass is 292 g/mol. The molecule has 114 valence electrons. The molecule has 0 saturated carbocycles. The fraction of sp³-hybridized carbons (Fsp3) is 0.500. The maximum atomic E-state index is 11.9. The number of ether oxygens (including phenoxy) is 1. The van der Waals surface area contributed by atoms with Gasteiger partial charge in [-0.05, 0) is 24.1 Å². The third-order valence-electron chi connectivity index (χ3n) is 3.34. The van der Waals surface area contributed by atoms with Gasteiger partial charge in [-0.15, -0.1) is 0 Å². The number of pyridine rings is 1. The standard InChI is InChI=1S/C14H20N4O3/c1-15-14(20)17-8-4-12(19)18-11-5-9-21-13(11)10-2-6-16-7-3-10/h2-3,6-7,11,13H,4-5,8-9H2,1H3,(H,18,19)(H2,15,17,20)/t11-,13+/m0/s1. The van der Waals surface area contributed by atoms with Crippen LogP contribution in [-0.2, 0) is 9.53 Å². The van der Waals surface area contributed by atoms with Crippen molar-refractivity contribution in [2.45, 2.75) is 25.0 Å². The summed E-state index contributed by atoms with van der Waals surface area (Å²) in [5, 5.41) is 7.98. The van der Waals surface area contributed by atoms with Gasteiger partial charge in [0, 0.05) is 39.0 Å². The minimum Gasteiger partial charge on any atom is -0.371 e. The molecule has 1 aliphatic rings. The van der Waals surface area contributed by atoms with Crippen LogP contribution in [0.4, 0.5) is 4.79 Å². The lowest BCUT2D eigenvalue weighted by molar-refractivity contribution is -0.122. The molecule has 1 aromatic rings. The van der Waals surface area contributed by atoms with Gasteiger partial charge in [-0.1, -0.05) is 0 Å². The van der Waals surface area contributed by atoms with Crippen molar-refractivity contribution in [1.29, 1.82) is 0 Å². The van der Waals surface area contributed by atoms with Crippen LogP contribution < -0.4 is 16.0 Å². The molecule has 7 heteroatoms. The van der Waals surface area contributed by atoms with Crippen LogP contribution in [0.25, 0.3) is 0 Å². The van der Waals surface area contributed by atoms with Crippen molar-refractivity contribution in [3.8, 4) is 0 Å². The first-order valence-electron chi connectivity index (χ1n) is 6.97. The molecule has 21 heavy (non-hydrogen) atoms. The summed E-state index contributed by atoms with van der Waals surface area (Å²) in [6.07, 6.45) is 4.31. The Morgan fingerprint density at radius 1 is 1.38 bits per heavy atom. The van der Waals surface area contributed by atoms with Gasteiger partial charge in [0.2, 0.25) is 5.91 Å². The second-order valence-electron chi connectivity index (χ2n) is 4.79. The molecule has 1 fully saturated rings. The van der Waals surface area contributed by atoms with E-state index in [0.29, 0.717) is 13.2 Å². The quantitative estimate of drug-likeness (QED) is 0.730. The highest BCUT2D eigenvalue weighted by Gasteiger charge is 2.30. The van der Waals surface area contributed by atoms with Crippen molar-refractivity contribution in [3.63, 3.8) is 0 Å². The van der Waals surface area contributed by atoms with Crippen molar-refractivity contribution < 1.29 is 14.3 Å². The van der Waals surface area contributed by atoms with Gasteiger partial charge in [-0.25, -0.2) is 4.79 Å². The van der Waals surface area contributed by atoms with Gasteiger partial charge in [0.1, 0.15) is 6.10 Å². The molecule has 0 aliphatic carbocycles. The summed E-state index contributed by atoms with van der Waals surface area (Å²) in [5.74, 6) is -0.0963. The van der Waals surface area contributed by atoms with Crippen LogP contribution >= 0.6 is 0 Å². The first kappa shape index (κ1) is 15.2. The summed E-state index contributed by atoms with van der Waals surface area (Å²) in [4.78, 5) is 26.9. The van der Waals surface area contributed by atoms with E-state index in [1.54, 1.807) is 12.4 Å². The molecule has 1 aliphatic heterocycles. The first-order chi connectivity index (χ1) is 10.2. The van der Waals surface area contributed by atoms with Crippen molar-refractivity contribution in [3.05, 3.63) is 30.1 Å². The Balaban J connectivity index is 1.81. The van der Waals surface area contributed by atoms with E-state index in [-0.39, 0.29) is 30.5 Å². The average molecular weight is 292 g/mol. The lowest BCUT2D eigenvalue weighted by Gasteiger charge is -2.20. The van der Waals surface area contributed by atoms with Gasteiger partial charge in [0.15, 0.2) is 0 Å². The third-order valence-corrected chi connectivity index (χ3v) is 3.34. The van der Waals surface area contributed by atoms with Crippen molar-refractivity contribution in [2.24, 2.45) is 0 Å². The molecule has 2 atom stereocenters. The molecule has 0 aromatic carbocycles. The Hall–Kier alpha value is -2.15. The molecule has 7 nitrogen and oxygen atoms in total. The molecular weight excluding hydrogens is 272 g/mol. The number of amides is 3. The average Bonchev–Trinajstić information content (AvgIpc) is 2.96. The first-order valence-corrected chi connectivity index (χ1v) is 6.97. The van der Waals surface area contributed by atoms with E-state index in [1.165, 1.54) is 7.05 Å². The maximum Gasteiger partial charge on any atom is 0.314 e. The number of hydrogen-bond acceptors (Lipinski definition) is 4. The molecule has 2 heterocycles. The van der Waals surface area contributed by atoms with E-state index in [4.69, 9.17) is 4.74 Å². The van der Waals surface area contributed by atoms with E-state index < -0.39 is 0 Å². The smallest absolute Gasteiger partial charge is 0.314 e. The Bertz CT molecular complexity index is 480. The summed E-state index contributed by atoms with van der Waals surface area (Å²) >= 11 is 0. The van der Waals surface area contributed by atoms with Crippen LogP contribution in [0.5, 0.6) is 0 Å². The number of rotatable bonds is 5. The van der Waals surface area contributed by atoms with Gasteiger partial charge in [0.05, 0.1) is 6.04 Å². The fourth-order valence-electron chi connectivity index (χ4n) is 2.28. The van der Waals surface area contributed by atoms with E-state index in [9.17, 15) is 9.59 Å². The van der Waals surface area contributed by atoms with Gasteiger partial charge in [0.25, 0.3) is 0 Å². The van der Waals surface area contributed by atoms with Crippen molar-refractivity contribution in [2.75, 3.05) is 20.2 Å². The molecule has 0 bridgehead atoms. The summed E-state index contributed by atoms with van der Waals surface area (Å²) in [6.45, 7) is 0.924. The van der Waals surface area contributed by atoms with Gasteiger partial charge < -0.3 is 20.7 Å². The van der Waals surface area contributed by atoms with Gasteiger partial charge >= 0.3 is 6.03 Å². The van der Waals surface area contributed by atoms with Crippen LogP contribution in [0, 0.1) is 0 Å². The van der Waals surface area contributed by atoms with Gasteiger partial charge in [-0.2, -0.15) is 0 Å². The Morgan fingerprint density at radius 2 is 2.14 bits per heavy atom. The van der Waals surface area contributed by atoms with Crippen LogP contribution in [0.3, 0.4) is 0 Å². The van der Waals surface area contributed by atoms with Crippen molar-refractivity contribution >= 4 is 11.9 Å². The second kappa shape index (κ2) is 7.58. The number of nitrogens with zero attached hydrogens (tertiary/aromatic N) is 1. The van der Waals surface area contributed by atoms with E-state index in [0.717, 1.165) is 12.0 Å². The van der Waals surface area contributed by atoms with Crippen LogP contribution in [-0.4, -0.2) is 43.2 Å². The molecule has 1 aromatic heterocycles. The van der Waals surface area contributed by atoms with E-state index >= 15 is 0 Å². The summed E-state index contributed by atoms with van der Waals surface area (Å²) in [6, 6.07) is 3.45. The van der Waals surface area contributed by atoms with Crippen LogP contribution in [0.15, 0.2) is 24.5 Å². The third kappa shape index (κ3) is 4.42. The zero-order chi connectivity index (χ0) is 15.1. The van der Waals surface area contributed by atoms with Gasteiger partial charge in [-0.3, -0.25) is 9.78 Å². The topological polar surface area (TPSA) is 92.4 Å². The van der Waals surface area contributed by atoms with Crippen molar-refractivity contribution in [1.82, 2.24) is 20.9 Å². The minimum atomic E-state index is -0.290. The van der Waals surface area contributed by atoms with E-state index in [2.05, 4.69) is 20.9 Å². The number of nitrogens with one attached hydrogen (secondary N) is 3. The highest BCUT2D eigenvalue weighted by molar-refractivity contribution is 5.78.